The molecule has 1 amide bonds. The van der Waals surface area contributed by atoms with Crippen molar-refractivity contribution in [2.24, 2.45) is 0 Å². The van der Waals surface area contributed by atoms with Crippen LogP contribution in [-0.2, 0) is 4.79 Å². The molecule has 1 saturated carbocycles. The van der Waals surface area contributed by atoms with Gasteiger partial charge in [0.05, 0.1) is 5.69 Å². The molecule has 0 radical (unpaired) electrons. The smallest absolute Gasteiger partial charge is 0.339 e. The molecule has 0 saturated heterocycles. The van der Waals surface area contributed by atoms with Crippen molar-refractivity contribution in [1.29, 1.82) is 0 Å². The zero-order chi connectivity index (χ0) is 14.0. The number of carbonyl (C=O) groups excluding carboxylic acids is 1. The van der Waals surface area contributed by atoms with Crippen LogP contribution in [-0.4, -0.2) is 32.8 Å². The molecular weight excluding hydrogens is 246 g/mol. The Morgan fingerprint density at radius 1 is 1.47 bits per heavy atom. The molecule has 0 aliphatic heterocycles. The number of carboxylic acids is 1. The molecule has 1 aliphatic rings. The van der Waals surface area contributed by atoms with Crippen LogP contribution in [0.25, 0.3) is 0 Å². The minimum atomic E-state index is -1.02. The van der Waals surface area contributed by atoms with Gasteiger partial charge in [0.25, 0.3) is 0 Å². The quantitative estimate of drug-likeness (QED) is 0.864. The zero-order valence-corrected chi connectivity index (χ0v) is 11.2. The third-order valence-corrected chi connectivity index (χ3v) is 3.62. The summed E-state index contributed by atoms with van der Waals surface area (Å²) in [5, 5.41) is 16.1. The van der Waals surface area contributed by atoms with Gasteiger partial charge < -0.3 is 10.4 Å². The first kappa shape index (κ1) is 13.6. The van der Waals surface area contributed by atoms with Gasteiger partial charge in [0, 0.05) is 12.2 Å². The fraction of sp³-hybridized carbons (Fsp3) is 0.615. The van der Waals surface area contributed by atoms with Gasteiger partial charge in [0.2, 0.25) is 5.91 Å². The Morgan fingerprint density at radius 3 is 2.63 bits per heavy atom. The van der Waals surface area contributed by atoms with Crippen LogP contribution >= 0.6 is 0 Å². The molecule has 104 valence electrons. The predicted molar refractivity (Wildman–Crippen MR) is 69.0 cm³/mol. The molecule has 1 unspecified atom stereocenters. The number of carbonyl (C=O) groups is 2. The Kier molecular flexibility index (Phi) is 3.87. The van der Waals surface area contributed by atoms with Gasteiger partial charge in [-0.25, -0.2) is 4.79 Å². The number of hydrogen-bond donors (Lipinski definition) is 2. The van der Waals surface area contributed by atoms with Crippen LogP contribution in [0.15, 0.2) is 6.20 Å². The van der Waals surface area contributed by atoms with Crippen molar-refractivity contribution < 1.29 is 14.7 Å². The number of carboxylic acid groups (broad SMARTS) is 1. The molecular formula is C13H19N3O3. The van der Waals surface area contributed by atoms with Gasteiger partial charge in [-0.1, -0.05) is 12.8 Å². The minimum Gasteiger partial charge on any atom is -0.478 e. The second-order valence-corrected chi connectivity index (χ2v) is 5.08. The van der Waals surface area contributed by atoms with E-state index in [1.165, 1.54) is 10.9 Å². The van der Waals surface area contributed by atoms with Crippen LogP contribution in [0.5, 0.6) is 0 Å². The van der Waals surface area contributed by atoms with Crippen molar-refractivity contribution in [2.75, 3.05) is 0 Å². The van der Waals surface area contributed by atoms with Gasteiger partial charge in [0.1, 0.15) is 11.6 Å². The van der Waals surface area contributed by atoms with Crippen LogP contribution in [0.4, 0.5) is 0 Å². The number of rotatable bonds is 4. The van der Waals surface area contributed by atoms with Crippen molar-refractivity contribution >= 4 is 11.9 Å². The van der Waals surface area contributed by atoms with Crippen LogP contribution in [0.3, 0.4) is 0 Å². The topological polar surface area (TPSA) is 84.2 Å². The molecule has 6 nitrogen and oxygen atoms in total. The van der Waals surface area contributed by atoms with E-state index in [1.807, 2.05) is 0 Å². The molecule has 1 aliphatic carbocycles. The molecule has 1 atom stereocenters. The maximum absolute atomic E-state index is 12.1. The number of aromatic nitrogens is 2. The van der Waals surface area contributed by atoms with Crippen LogP contribution in [0.2, 0.25) is 0 Å². The predicted octanol–water partition coefficient (Wildman–Crippen LogP) is 1.51. The average molecular weight is 265 g/mol. The highest BCUT2D eigenvalue weighted by molar-refractivity contribution is 5.88. The van der Waals surface area contributed by atoms with E-state index in [0.29, 0.717) is 5.69 Å². The fourth-order valence-electron chi connectivity index (χ4n) is 2.40. The highest BCUT2D eigenvalue weighted by atomic mass is 16.4. The van der Waals surface area contributed by atoms with E-state index in [9.17, 15) is 9.59 Å². The number of nitrogens with one attached hydrogen (secondary N) is 1. The first-order valence-electron chi connectivity index (χ1n) is 6.58. The van der Waals surface area contributed by atoms with Gasteiger partial charge >= 0.3 is 5.97 Å². The van der Waals surface area contributed by atoms with Gasteiger partial charge in [-0.05, 0) is 26.7 Å². The molecule has 1 fully saturated rings. The molecule has 1 aromatic rings. The summed E-state index contributed by atoms with van der Waals surface area (Å²) in [6.45, 7) is 3.35. The molecule has 2 N–H and O–H groups in total. The van der Waals surface area contributed by atoms with Crippen LogP contribution in [0, 0.1) is 6.92 Å². The molecule has 0 spiro atoms. The Bertz CT molecular complexity index is 489. The van der Waals surface area contributed by atoms with E-state index in [1.54, 1.807) is 13.8 Å². The molecule has 2 rings (SSSR count). The Labute approximate surface area is 111 Å². The first-order valence-corrected chi connectivity index (χ1v) is 6.58. The van der Waals surface area contributed by atoms with E-state index in [-0.39, 0.29) is 17.5 Å². The lowest BCUT2D eigenvalue weighted by Gasteiger charge is -2.16. The van der Waals surface area contributed by atoms with Crippen molar-refractivity contribution in [3.8, 4) is 0 Å². The average Bonchev–Trinajstić information content (AvgIpc) is 2.97. The van der Waals surface area contributed by atoms with Crippen molar-refractivity contribution in [1.82, 2.24) is 15.1 Å². The number of aryl methyl sites for hydroxylation is 1. The number of aromatic carboxylic acids is 1. The molecule has 6 heteroatoms. The number of amides is 1. The number of hydrogen-bond acceptors (Lipinski definition) is 3. The highest BCUT2D eigenvalue weighted by Gasteiger charge is 2.23. The lowest BCUT2D eigenvalue weighted by Crippen LogP contribution is -2.37. The second kappa shape index (κ2) is 5.42. The fourth-order valence-corrected chi connectivity index (χ4v) is 2.40. The summed E-state index contributed by atoms with van der Waals surface area (Å²) in [5.41, 5.74) is 0.563. The van der Waals surface area contributed by atoms with Gasteiger partial charge in [-0.15, -0.1) is 0 Å². The zero-order valence-electron chi connectivity index (χ0n) is 11.2. The Morgan fingerprint density at radius 2 is 2.11 bits per heavy atom. The maximum Gasteiger partial charge on any atom is 0.339 e. The van der Waals surface area contributed by atoms with E-state index in [0.717, 1.165) is 25.7 Å². The molecule has 0 aromatic carbocycles. The Balaban J connectivity index is 2.05. The SMILES string of the molecule is Cc1nn(C(C)C(=O)NC2CCCC2)cc1C(=O)O. The van der Waals surface area contributed by atoms with Crippen molar-refractivity contribution in [2.45, 2.75) is 51.6 Å². The second-order valence-electron chi connectivity index (χ2n) is 5.08. The van der Waals surface area contributed by atoms with E-state index in [2.05, 4.69) is 10.4 Å². The van der Waals surface area contributed by atoms with Crippen LogP contribution < -0.4 is 5.32 Å². The van der Waals surface area contributed by atoms with Crippen molar-refractivity contribution in [3.63, 3.8) is 0 Å². The lowest BCUT2D eigenvalue weighted by molar-refractivity contribution is -0.124. The summed E-state index contributed by atoms with van der Waals surface area (Å²) in [6, 6.07) is -0.238. The standard InChI is InChI=1S/C13H19N3O3/c1-8-11(13(18)19)7-16(15-8)9(2)12(17)14-10-5-3-4-6-10/h7,9-10H,3-6H2,1-2H3,(H,14,17)(H,18,19). The highest BCUT2D eigenvalue weighted by Crippen LogP contribution is 2.19. The largest absolute Gasteiger partial charge is 0.478 e. The monoisotopic (exact) mass is 265 g/mol. The van der Waals surface area contributed by atoms with Crippen molar-refractivity contribution in [3.05, 3.63) is 17.5 Å². The molecule has 19 heavy (non-hydrogen) atoms. The third kappa shape index (κ3) is 2.94. The van der Waals surface area contributed by atoms with E-state index < -0.39 is 12.0 Å². The summed E-state index contributed by atoms with van der Waals surface area (Å²) in [6.07, 6.45) is 5.78. The summed E-state index contributed by atoms with van der Waals surface area (Å²) < 4.78 is 1.42. The first-order chi connectivity index (χ1) is 8.99. The maximum atomic E-state index is 12.1. The van der Waals surface area contributed by atoms with Gasteiger partial charge in [-0.2, -0.15) is 5.10 Å². The molecule has 0 bridgehead atoms. The number of nitrogens with zero attached hydrogens (tertiary/aromatic N) is 2. The molecule has 1 heterocycles. The summed E-state index contributed by atoms with van der Waals surface area (Å²) in [5.74, 6) is -1.13. The molecule has 1 aromatic heterocycles. The van der Waals surface area contributed by atoms with Crippen LogP contribution in [0.1, 0.15) is 54.7 Å². The van der Waals surface area contributed by atoms with Gasteiger partial charge in [-0.3, -0.25) is 9.48 Å². The third-order valence-electron chi connectivity index (χ3n) is 3.62. The summed E-state index contributed by atoms with van der Waals surface area (Å²) >= 11 is 0. The normalized spacial score (nSPS) is 17.4. The summed E-state index contributed by atoms with van der Waals surface area (Å²) in [4.78, 5) is 23.0. The Hall–Kier alpha value is -1.85. The lowest BCUT2D eigenvalue weighted by atomic mass is 10.2. The van der Waals surface area contributed by atoms with Gasteiger partial charge in [0.15, 0.2) is 0 Å². The summed E-state index contributed by atoms with van der Waals surface area (Å²) in [7, 11) is 0. The van der Waals surface area contributed by atoms with E-state index in [4.69, 9.17) is 5.11 Å². The minimum absolute atomic E-state index is 0.105. The van der Waals surface area contributed by atoms with E-state index >= 15 is 0 Å².